The highest BCUT2D eigenvalue weighted by molar-refractivity contribution is 5.60. The molecule has 2 rings (SSSR count). The van der Waals surface area contributed by atoms with Crippen molar-refractivity contribution in [1.82, 2.24) is 9.78 Å². The van der Waals surface area contributed by atoms with Gasteiger partial charge in [-0.3, -0.25) is 4.68 Å². The van der Waals surface area contributed by atoms with Crippen molar-refractivity contribution < 1.29 is 36.2 Å². The number of aliphatic hydroxyl groups is 1. The molecular weight excluding hydrogens is 342 g/mol. The van der Waals surface area contributed by atoms with Gasteiger partial charge in [-0.2, -0.15) is 18.3 Å². The van der Waals surface area contributed by atoms with Crippen LogP contribution in [0.1, 0.15) is 5.69 Å². The van der Waals surface area contributed by atoms with E-state index < -0.39 is 24.8 Å². The van der Waals surface area contributed by atoms with Crippen molar-refractivity contribution >= 4 is 0 Å². The summed E-state index contributed by atoms with van der Waals surface area (Å²) >= 11 is 0. The van der Waals surface area contributed by atoms with E-state index in [2.05, 4.69) is 9.84 Å². The average molecular weight is 354 g/mol. The molecule has 0 fully saturated rings. The number of benzene rings is 1. The van der Waals surface area contributed by atoms with Gasteiger partial charge in [0.1, 0.15) is 12.3 Å². The minimum atomic E-state index is -4.83. The second kappa shape index (κ2) is 6.71. The van der Waals surface area contributed by atoms with Crippen molar-refractivity contribution in [3.8, 4) is 17.0 Å². The first-order valence-electron chi connectivity index (χ1n) is 6.68. The molecule has 132 valence electrons. The summed E-state index contributed by atoms with van der Waals surface area (Å²) in [7, 11) is 0. The third-order valence-corrected chi connectivity index (χ3v) is 2.94. The van der Waals surface area contributed by atoms with Crippen LogP contribution in [0.5, 0.6) is 5.75 Å². The molecular formula is C14H12F6N2O2. The Hall–Kier alpha value is -2.23. The van der Waals surface area contributed by atoms with Gasteiger partial charge >= 0.3 is 12.5 Å². The fourth-order valence-corrected chi connectivity index (χ4v) is 2.05. The normalized spacial score (nSPS) is 12.5. The molecule has 0 aliphatic carbocycles. The van der Waals surface area contributed by atoms with Gasteiger partial charge in [-0.05, 0) is 30.3 Å². The van der Waals surface area contributed by atoms with Crippen molar-refractivity contribution in [2.24, 2.45) is 0 Å². The highest BCUT2D eigenvalue weighted by Gasteiger charge is 2.31. The molecule has 0 unspecified atom stereocenters. The molecule has 1 aromatic heterocycles. The smallest absolute Gasteiger partial charge is 0.406 e. The minimum Gasteiger partial charge on any atom is -0.406 e. The predicted octanol–water partition coefficient (Wildman–Crippen LogP) is 3.55. The number of hydrogen-bond acceptors (Lipinski definition) is 3. The number of halogens is 6. The summed E-state index contributed by atoms with van der Waals surface area (Å²) in [6, 6.07) is 5.93. The van der Waals surface area contributed by atoms with Crippen LogP contribution in [0.25, 0.3) is 11.3 Å². The van der Waals surface area contributed by atoms with Crippen LogP contribution in [0, 0.1) is 0 Å². The molecule has 4 nitrogen and oxygen atoms in total. The first kappa shape index (κ1) is 18.1. The number of ether oxygens (including phenoxy) is 1. The summed E-state index contributed by atoms with van der Waals surface area (Å²) in [5.74, 6) is -0.448. The molecule has 0 saturated carbocycles. The van der Waals surface area contributed by atoms with Crippen LogP contribution < -0.4 is 4.74 Å². The van der Waals surface area contributed by atoms with Gasteiger partial charge in [-0.25, -0.2) is 0 Å². The molecule has 0 atom stereocenters. The maximum Gasteiger partial charge on any atom is 0.573 e. The van der Waals surface area contributed by atoms with E-state index in [0.29, 0.717) is 10.2 Å². The summed E-state index contributed by atoms with van der Waals surface area (Å²) in [6.45, 7) is -1.68. The number of aromatic nitrogens is 2. The predicted molar refractivity (Wildman–Crippen MR) is 71.2 cm³/mol. The maximum atomic E-state index is 12.5. The highest BCUT2D eigenvalue weighted by atomic mass is 19.4. The van der Waals surface area contributed by atoms with Crippen molar-refractivity contribution in [2.45, 2.75) is 25.5 Å². The fraction of sp³-hybridized carbons (Fsp3) is 0.357. The van der Waals surface area contributed by atoms with Gasteiger partial charge in [0.15, 0.2) is 0 Å². The molecule has 1 N–H and O–H groups in total. The van der Waals surface area contributed by atoms with Crippen molar-refractivity contribution in [1.29, 1.82) is 0 Å². The topological polar surface area (TPSA) is 47.3 Å². The zero-order chi connectivity index (χ0) is 18.0. The van der Waals surface area contributed by atoms with Crippen LogP contribution >= 0.6 is 0 Å². The van der Waals surface area contributed by atoms with E-state index in [1.165, 1.54) is 18.2 Å². The van der Waals surface area contributed by atoms with Crippen LogP contribution in [-0.4, -0.2) is 34.0 Å². The Balaban J connectivity index is 2.26. The van der Waals surface area contributed by atoms with Crippen LogP contribution in [-0.2, 0) is 13.0 Å². The molecule has 0 radical (unpaired) electrons. The third-order valence-electron chi connectivity index (χ3n) is 2.94. The second-order valence-electron chi connectivity index (χ2n) is 4.84. The van der Waals surface area contributed by atoms with Crippen LogP contribution in [0.15, 0.2) is 30.3 Å². The summed E-state index contributed by atoms with van der Waals surface area (Å²) in [5.41, 5.74) is 0.645. The van der Waals surface area contributed by atoms with Gasteiger partial charge in [0.2, 0.25) is 0 Å². The minimum absolute atomic E-state index is 0.0294. The van der Waals surface area contributed by atoms with E-state index in [4.69, 9.17) is 5.11 Å². The Bertz CT molecular complexity index is 676. The largest absolute Gasteiger partial charge is 0.573 e. The lowest BCUT2D eigenvalue weighted by atomic mass is 10.1. The van der Waals surface area contributed by atoms with Gasteiger partial charge in [0.25, 0.3) is 0 Å². The van der Waals surface area contributed by atoms with E-state index in [1.54, 1.807) is 0 Å². The number of nitrogens with zero attached hydrogens (tertiary/aromatic N) is 2. The quantitative estimate of drug-likeness (QED) is 0.836. The van der Waals surface area contributed by atoms with Crippen LogP contribution in [0.4, 0.5) is 26.3 Å². The zero-order valence-electron chi connectivity index (χ0n) is 12.0. The number of aliphatic hydroxyl groups excluding tert-OH is 1. The lowest BCUT2D eigenvalue weighted by Crippen LogP contribution is -2.20. The van der Waals surface area contributed by atoms with Crippen molar-refractivity contribution in [2.75, 3.05) is 6.61 Å². The molecule has 0 aliphatic heterocycles. The van der Waals surface area contributed by atoms with E-state index in [0.717, 1.165) is 12.1 Å². The van der Waals surface area contributed by atoms with Crippen molar-refractivity contribution in [3.63, 3.8) is 0 Å². The highest BCUT2D eigenvalue weighted by Crippen LogP contribution is 2.27. The molecule has 1 heterocycles. The summed E-state index contributed by atoms with van der Waals surface area (Å²) in [6.07, 6.45) is -9.35. The average Bonchev–Trinajstić information content (AvgIpc) is 2.79. The first-order chi connectivity index (χ1) is 11.1. The monoisotopic (exact) mass is 354 g/mol. The van der Waals surface area contributed by atoms with Gasteiger partial charge < -0.3 is 9.84 Å². The molecule has 1 aromatic carbocycles. The number of alkyl halides is 6. The van der Waals surface area contributed by atoms with Gasteiger partial charge in [0, 0.05) is 24.3 Å². The lowest BCUT2D eigenvalue weighted by molar-refractivity contribution is -0.274. The van der Waals surface area contributed by atoms with E-state index in [9.17, 15) is 26.3 Å². The standard InChI is InChI=1S/C14H12F6N2O2/c15-13(16,17)8-22-10(5-6-23)7-12(21-22)9-1-3-11(4-2-9)24-14(18,19)20/h1-4,7,23H,5-6,8H2. The molecule has 24 heavy (non-hydrogen) atoms. The fourth-order valence-electron chi connectivity index (χ4n) is 2.05. The SMILES string of the molecule is OCCc1cc(-c2ccc(OC(F)(F)F)cc2)nn1CC(F)(F)F. The molecule has 0 spiro atoms. The Morgan fingerprint density at radius 3 is 2.17 bits per heavy atom. The molecule has 0 saturated heterocycles. The Kier molecular flexibility index (Phi) is 5.07. The molecule has 2 aromatic rings. The van der Waals surface area contributed by atoms with Gasteiger partial charge in [-0.1, -0.05) is 0 Å². The summed E-state index contributed by atoms with van der Waals surface area (Å²) < 4.78 is 78.3. The zero-order valence-corrected chi connectivity index (χ0v) is 12.0. The Labute approximate surface area is 132 Å². The number of rotatable bonds is 5. The molecule has 0 amide bonds. The van der Waals surface area contributed by atoms with E-state index in [-0.39, 0.29) is 24.4 Å². The number of hydrogen-bond donors (Lipinski definition) is 1. The summed E-state index contributed by atoms with van der Waals surface area (Å²) in [4.78, 5) is 0. The first-order valence-corrected chi connectivity index (χ1v) is 6.68. The van der Waals surface area contributed by atoms with Crippen LogP contribution in [0.3, 0.4) is 0 Å². The van der Waals surface area contributed by atoms with Gasteiger partial charge in [0.05, 0.1) is 5.69 Å². The molecule has 0 aliphatic rings. The Morgan fingerprint density at radius 1 is 1.04 bits per heavy atom. The summed E-state index contributed by atoms with van der Waals surface area (Å²) in [5, 5.41) is 12.7. The molecule has 10 heteroatoms. The van der Waals surface area contributed by atoms with Crippen molar-refractivity contribution in [3.05, 3.63) is 36.0 Å². The Morgan fingerprint density at radius 2 is 1.67 bits per heavy atom. The molecule has 0 bridgehead atoms. The third kappa shape index (κ3) is 5.15. The lowest BCUT2D eigenvalue weighted by Gasteiger charge is -2.09. The second-order valence-corrected chi connectivity index (χ2v) is 4.84. The van der Waals surface area contributed by atoms with E-state index >= 15 is 0 Å². The van der Waals surface area contributed by atoms with Gasteiger partial charge in [-0.15, -0.1) is 13.2 Å². The van der Waals surface area contributed by atoms with E-state index in [1.807, 2.05) is 0 Å². The maximum absolute atomic E-state index is 12.5. The van der Waals surface area contributed by atoms with Crippen LogP contribution in [0.2, 0.25) is 0 Å².